The van der Waals surface area contributed by atoms with Crippen LogP contribution in [0.1, 0.15) is 28.4 Å². The zero-order valence-electron chi connectivity index (χ0n) is 16.7. The average molecular weight is 448 g/mol. The lowest BCUT2D eigenvalue weighted by molar-refractivity contribution is -0.137. The SMILES string of the molecule is COS(=O)(=O)c1ccc(C)cc1C1Cc2cc(C(F)(F)F)cc(-c3ccccc3)c2O1. The van der Waals surface area contributed by atoms with Crippen LogP contribution in [-0.4, -0.2) is 15.5 Å². The molecule has 4 rings (SSSR count). The van der Waals surface area contributed by atoms with Gasteiger partial charge in [0.1, 0.15) is 16.7 Å². The Hall–Kier alpha value is -2.84. The smallest absolute Gasteiger partial charge is 0.416 e. The number of hydrogen-bond acceptors (Lipinski definition) is 4. The summed E-state index contributed by atoms with van der Waals surface area (Å²) in [4.78, 5) is -0.0595. The molecule has 4 nitrogen and oxygen atoms in total. The van der Waals surface area contributed by atoms with Crippen molar-refractivity contribution < 1.29 is 30.5 Å². The van der Waals surface area contributed by atoms with E-state index in [2.05, 4.69) is 4.18 Å². The summed E-state index contributed by atoms with van der Waals surface area (Å²) in [5, 5.41) is 0. The van der Waals surface area contributed by atoms with Gasteiger partial charge in [-0.2, -0.15) is 21.6 Å². The van der Waals surface area contributed by atoms with Gasteiger partial charge in [0.2, 0.25) is 0 Å². The molecule has 162 valence electrons. The van der Waals surface area contributed by atoms with Crippen LogP contribution >= 0.6 is 0 Å². The first-order chi connectivity index (χ1) is 14.6. The van der Waals surface area contributed by atoms with Crippen LogP contribution in [0.2, 0.25) is 0 Å². The fraction of sp³-hybridized carbons (Fsp3) is 0.217. The van der Waals surface area contributed by atoms with Crippen molar-refractivity contribution in [3.05, 3.63) is 82.9 Å². The minimum atomic E-state index is -4.52. The number of alkyl halides is 3. The number of benzene rings is 3. The molecular weight excluding hydrogens is 429 g/mol. The number of fused-ring (bicyclic) bond motifs is 1. The van der Waals surface area contributed by atoms with Crippen molar-refractivity contribution in [2.24, 2.45) is 0 Å². The van der Waals surface area contributed by atoms with Crippen molar-refractivity contribution in [3.8, 4) is 16.9 Å². The maximum absolute atomic E-state index is 13.6. The van der Waals surface area contributed by atoms with Crippen LogP contribution in [0, 0.1) is 6.92 Å². The summed E-state index contributed by atoms with van der Waals surface area (Å²) in [6.45, 7) is 1.80. The quantitative estimate of drug-likeness (QED) is 0.481. The Labute approximate surface area is 178 Å². The Morgan fingerprint density at radius 2 is 1.74 bits per heavy atom. The van der Waals surface area contributed by atoms with Crippen LogP contribution in [0.25, 0.3) is 11.1 Å². The van der Waals surface area contributed by atoms with Crippen LogP contribution in [-0.2, 0) is 26.9 Å². The largest absolute Gasteiger partial charge is 0.484 e. The van der Waals surface area contributed by atoms with Gasteiger partial charge in [-0.15, -0.1) is 0 Å². The third-order valence-corrected chi connectivity index (χ3v) is 6.59. The van der Waals surface area contributed by atoms with Crippen molar-refractivity contribution >= 4 is 10.1 Å². The van der Waals surface area contributed by atoms with Gasteiger partial charge >= 0.3 is 6.18 Å². The van der Waals surface area contributed by atoms with E-state index in [1.54, 1.807) is 49.4 Å². The standard InChI is InChI=1S/C23H19F3O4S/c1-14-8-9-21(31(27,28)29-2)19(10-14)20-12-16-11-17(23(24,25)26)13-18(22(16)30-20)15-6-4-3-5-7-15/h3-11,13,20H,12H2,1-2H3. The molecule has 0 bridgehead atoms. The molecule has 1 aliphatic heterocycles. The second-order valence-corrected chi connectivity index (χ2v) is 9.03. The number of aryl methyl sites for hydroxylation is 1. The monoisotopic (exact) mass is 448 g/mol. The number of ether oxygens (including phenoxy) is 1. The second kappa shape index (κ2) is 7.69. The minimum absolute atomic E-state index is 0.0595. The van der Waals surface area contributed by atoms with Crippen molar-refractivity contribution in [2.75, 3.05) is 7.11 Å². The van der Waals surface area contributed by atoms with Crippen molar-refractivity contribution in [3.63, 3.8) is 0 Å². The van der Waals surface area contributed by atoms with E-state index in [1.165, 1.54) is 6.07 Å². The van der Waals surface area contributed by atoms with Gasteiger partial charge in [-0.25, -0.2) is 0 Å². The predicted octanol–water partition coefficient (Wildman–Crippen LogP) is 5.69. The van der Waals surface area contributed by atoms with Crippen molar-refractivity contribution in [1.82, 2.24) is 0 Å². The lowest BCUT2D eigenvalue weighted by Crippen LogP contribution is -2.12. The van der Waals surface area contributed by atoms with Crippen LogP contribution in [0.5, 0.6) is 5.75 Å². The Morgan fingerprint density at radius 1 is 1.03 bits per heavy atom. The summed E-state index contributed by atoms with van der Waals surface area (Å²) < 4.78 is 76.2. The maximum Gasteiger partial charge on any atom is 0.416 e. The van der Waals surface area contributed by atoms with Gasteiger partial charge in [0.15, 0.2) is 0 Å². The molecule has 0 N–H and O–H groups in total. The van der Waals surface area contributed by atoms with E-state index in [1.807, 2.05) is 0 Å². The summed E-state index contributed by atoms with van der Waals surface area (Å²) in [5.74, 6) is 0.325. The molecular formula is C23H19F3O4S. The first kappa shape index (κ1) is 21.4. The molecule has 0 saturated heterocycles. The third-order valence-electron chi connectivity index (χ3n) is 5.24. The van der Waals surface area contributed by atoms with Gasteiger partial charge in [-0.1, -0.05) is 48.0 Å². The molecule has 3 aromatic rings. The third kappa shape index (κ3) is 4.05. The molecule has 1 aliphatic rings. The van der Waals surface area contributed by atoms with E-state index < -0.39 is 28.0 Å². The lowest BCUT2D eigenvalue weighted by atomic mass is 9.96. The molecule has 0 fully saturated rings. The maximum atomic E-state index is 13.6. The fourth-order valence-corrected chi connectivity index (χ4v) is 4.66. The number of hydrogen-bond donors (Lipinski definition) is 0. The van der Waals surface area contributed by atoms with E-state index >= 15 is 0 Å². The van der Waals surface area contributed by atoms with Crippen LogP contribution in [0.15, 0.2) is 65.6 Å². The molecule has 3 aromatic carbocycles. The highest BCUT2D eigenvalue weighted by Crippen LogP contribution is 2.47. The molecule has 31 heavy (non-hydrogen) atoms. The molecule has 0 radical (unpaired) electrons. The van der Waals surface area contributed by atoms with Gasteiger partial charge in [0, 0.05) is 17.5 Å². The first-order valence-electron chi connectivity index (χ1n) is 9.47. The Bertz CT molecular complexity index is 1240. The van der Waals surface area contributed by atoms with Crippen LogP contribution in [0.3, 0.4) is 0 Å². The summed E-state index contributed by atoms with van der Waals surface area (Å²) >= 11 is 0. The molecule has 0 aliphatic carbocycles. The molecule has 0 aromatic heterocycles. The molecule has 8 heteroatoms. The number of halogens is 3. The molecule has 1 heterocycles. The van der Waals surface area contributed by atoms with E-state index in [0.717, 1.165) is 24.8 Å². The Morgan fingerprint density at radius 3 is 2.39 bits per heavy atom. The van der Waals surface area contributed by atoms with E-state index in [-0.39, 0.29) is 11.3 Å². The van der Waals surface area contributed by atoms with Gasteiger partial charge in [-0.3, -0.25) is 4.18 Å². The van der Waals surface area contributed by atoms with Gasteiger partial charge < -0.3 is 4.74 Å². The van der Waals surface area contributed by atoms with Crippen LogP contribution < -0.4 is 4.74 Å². The highest BCUT2D eigenvalue weighted by atomic mass is 32.2. The molecule has 0 saturated carbocycles. The van der Waals surface area contributed by atoms with Gasteiger partial charge in [0.25, 0.3) is 10.1 Å². The van der Waals surface area contributed by atoms with Crippen molar-refractivity contribution in [1.29, 1.82) is 0 Å². The van der Waals surface area contributed by atoms with E-state index in [0.29, 0.717) is 28.0 Å². The van der Waals surface area contributed by atoms with Gasteiger partial charge in [0.05, 0.1) is 12.7 Å². The topological polar surface area (TPSA) is 52.6 Å². The second-order valence-electron chi connectivity index (χ2n) is 7.35. The van der Waals surface area contributed by atoms with E-state index in [4.69, 9.17) is 4.74 Å². The summed E-state index contributed by atoms with van der Waals surface area (Å²) in [6.07, 6.45) is -5.18. The van der Waals surface area contributed by atoms with Gasteiger partial charge in [-0.05, 0) is 36.2 Å². The van der Waals surface area contributed by atoms with Crippen molar-refractivity contribution in [2.45, 2.75) is 30.5 Å². The zero-order valence-corrected chi connectivity index (χ0v) is 17.5. The average Bonchev–Trinajstić information content (AvgIpc) is 3.17. The molecule has 1 atom stereocenters. The first-order valence-corrected chi connectivity index (χ1v) is 10.9. The minimum Gasteiger partial charge on any atom is -0.484 e. The highest BCUT2D eigenvalue weighted by molar-refractivity contribution is 7.86. The summed E-state index contributed by atoms with van der Waals surface area (Å²) in [6, 6.07) is 15.5. The molecule has 0 spiro atoms. The normalized spacial score (nSPS) is 16.1. The highest BCUT2D eigenvalue weighted by Gasteiger charge is 2.37. The zero-order chi connectivity index (χ0) is 22.4. The molecule has 1 unspecified atom stereocenters. The van der Waals surface area contributed by atoms with E-state index in [9.17, 15) is 21.6 Å². The Balaban J connectivity index is 1.86. The summed E-state index contributed by atoms with van der Waals surface area (Å²) in [5.41, 5.74) is 1.65. The Kier molecular flexibility index (Phi) is 5.31. The predicted molar refractivity (Wildman–Crippen MR) is 109 cm³/mol. The number of rotatable bonds is 4. The molecule has 0 amide bonds. The lowest BCUT2D eigenvalue weighted by Gasteiger charge is -2.17. The fourth-order valence-electron chi connectivity index (χ4n) is 3.77. The van der Waals surface area contributed by atoms with Crippen LogP contribution in [0.4, 0.5) is 13.2 Å². The summed E-state index contributed by atoms with van der Waals surface area (Å²) in [7, 11) is -2.96.